The average molecular weight is 386 g/mol. The lowest BCUT2D eigenvalue weighted by Crippen LogP contribution is -2.24. The van der Waals surface area contributed by atoms with Crippen LogP contribution in [0.15, 0.2) is 72.8 Å². The Kier molecular flexibility index (Phi) is 5.43. The first kappa shape index (κ1) is 18.9. The molecule has 1 aliphatic rings. The van der Waals surface area contributed by atoms with Gasteiger partial charge in [0.25, 0.3) is 0 Å². The first-order chi connectivity index (χ1) is 14.1. The predicted octanol–water partition coefficient (Wildman–Crippen LogP) is 5.40. The second-order valence-corrected chi connectivity index (χ2v) is 7.19. The van der Waals surface area contributed by atoms with Crippen LogP contribution in [0.4, 0.5) is 0 Å². The van der Waals surface area contributed by atoms with Gasteiger partial charge in [0, 0.05) is 5.56 Å². The fourth-order valence-electron chi connectivity index (χ4n) is 3.55. The van der Waals surface area contributed by atoms with E-state index in [1.807, 2.05) is 48.5 Å². The molecule has 3 aromatic carbocycles. The van der Waals surface area contributed by atoms with E-state index in [-0.39, 0.29) is 5.78 Å². The summed E-state index contributed by atoms with van der Waals surface area (Å²) in [5, 5.41) is 0. The highest BCUT2D eigenvalue weighted by atomic mass is 16.5. The molecule has 3 aromatic rings. The number of esters is 1. The summed E-state index contributed by atoms with van der Waals surface area (Å²) in [5.74, 6) is 0.469. The molecule has 4 heteroatoms. The van der Waals surface area contributed by atoms with Crippen molar-refractivity contribution in [2.75, 3.05) is 0 Å². The number of aryl methyl sites for hydroxylation is 2. The Bertz CT molecular complexity index is 1040. The van der Waals surface area contributed by atoms with E-state index in [1.165, 1.54) is 11.1 Å². The van der Waals surface area contributed by atoms with Gasteiger partial charge in [-0.3, -0.25) is 4.79 Å². The number of ketones is 1. The number of carbonyl (C=O) groups excluding carboxylic acids is 2. The Balaban J connectivity index is 1.43. The second-order valence-electron chi connectivity index (χ2n) is 7.19. The lowest BCUT2D eigenvalue weighted by atomic mass is 10.0. The molecule has 4 nitrogen and oxygen atoms in total. The highest BCUT2D eigenvalue weighted by Gasteiger charge is 2.22. The summed E-state index contributed by atoms with van der Waals surface area (Å²) in [6.07, 6.45) is 2.33. The first-order valence-electron chi connectivity index (χ1n) is 9.80. The van der Waals surface area contributed by atoms with E-state index in [9.17, 15) is 9.59 Å². The van der Waals surface area contributed by atoms with E-state index in [0.29, 0.717) is 22.6 Å². The number of hydrogen-bond acceptors (Lipinski definition) is 4. The number of rotatable bonds is 6. The van der Waals surface area contributed by atoms with Crippen LogP contribution in [0, 0.1) is 0 Å². The predicted molar refractivity (Wildman–Crippen MR) is 111 cm³/mol. The maximum Gasteiger partial charge on any atom is 0.338 e. The maximum absolute atomic E-state index is 12.7. The maximum atomic E-state index is 12.7. The summed E-state index contributed by atoms with van der Waals surface area (Å²) in [6, 6.07) is 21.8. The number of hydrogen-bond donors (Lipinski definition) is 0. The van der Waals surface area contributed by atoms with Crippen LogP contribution in [0.3, 0.4) is 0 Å². The quantitative estimate of drug-likeness (QED) is 0.421. The normalized spacial score (nSPS) is 13.4. The van der Waals surface area contributed by atoms with Crippen molar-refractivity contribution in [3.63, 3.8) is 0 Å². The minimum atomic E-state index is -0.861. The molecule has 0 aliphatic heterocycles. The fourth-order valence-corrected chi connectivity index (χ4v) is 3.55. The summed E-state index contributed by atoms with van der Waals surface area (Å²) in [4.78, 5) is 25.3. The van der Waals surface area contributed by atoms with Crippen LogP contribution in [-0.2, 0) is 17.6 Å². The molecule has 1 atom stereocenters. The molecule has 146 valence electrons. The van der Waals surface area contributed by atoms with Gasteiger partial charge in [0.05, 0.1) is 5.56 Å². The van der Waals surface area contributed by atoms with Crippen LogP contribution in [0.1, 0.15) is 45.2 Å². The SMILES string of the molecule is C[C@H](OC(=O)c1cccc(Oc2ccccc2)c1)C(=O)c1ccc2c(c1)CCC2. The zero-order valence-electron chi connectivity index (χ0n) is 16.3. The van der Waals surface area contributed by atoms with Gasteiger partial charge in [-0.25, -0.2) is 4.79 Å². The zero-order chi connectivity index (χ0) is 20.2. The van der Waals surface area contributed by atoms with E-state index < -0.39 is 12.1 Å². The van der Waals surface area contributed by atoms with Crippen molar-refractivity contribution in [3.05, 3.63) is 95.1 Å². The average Bonchev–Trinajstić information content (AvgIpc) is 3.22. The van der Waals surface area contributed by atoms with E-state index in [2.05, 4.69) is 0 Å². The largest absolute Gasteiger partial charge is 0.457 e. The summed E-state index contributed by atoms with van der Waals surface area (Å²) in [6.45, 7) is 1.61. The number of benzene rings is 3. The van der Waals surface area contributed by atoms with Gasteiger partial charge in [-0.15, -0.1) is 0 Å². The van der Waals surface area contributed by atoms with E-state index >= 15 is 0 Å². The van der Waals surface area contributed by atoms with E-state index in [0.717, 1.165) is 19.3 Å². The molecule has 0 unspecified atom stereocenters. The van der Waals surface area contributed by atoms with Gasteiger partial charge in [-0.1, -0.05) is 36.4 Å². The molecular formula is C25H22O4. The molecule has 0 aromatic heterocycles. The molecule has 1 aliphatic carbocycles. The molecule has 0 N–H and O–H groups in total. The number of para-hydroxylation sites is 1. The third kappa shape index (κ3) is 4.37. The number of fused-ring (bicyclic) bond motifs is 1. The molecule has 0 saturated carbocycles. The molecule has 29 heavy (non-hydrogen) atoms. The van der Waals surface area contributed by atoms with Crippen molar-refractivity contribution in [2.45, 2.75) is 32.3 Å². The smallest absolute Gasteiger partial charge is 0.338 e. The van der Waals surface area contributed by atoms with E-state index in [1.54, 1.807) is 31.2 Å². The van der Waals surface area contributed by atoms with E-state index in [4.69, 9.17) is 9.47 Å². The van der Waals surface area contributed by atoms with Gasteiger partial charge in [0.2, 0.25) is 5.78 Å². The molecule has 0 radical (unpaired) electrons. The molecule has 0 bridgehead atoms. The van der Waals surface area contributed by atoms with Crippen molar-refractivity contribution in [2.24, 2.45) is 0 Å². The van der Waals surface area contributed by atoms with Gasteiger partial charge in [-0.2, -0.15) is 0 Å². The molecule has 0 fully saturated rings. The molecule has 4 rings (SSSR count). The minimum absolute atomic E-state index is 0.190. The summed E-state index contributed by atoms with van der Waals surface area (Å²) in [5.41, 5.74) is 3.46. The monoisotopic (exact) mass is 386 g/mol. The summed E-state index contributed by atoms with van der Waals surface area (Å²) in [7, 11) is 0. The van der Waals surface area contributed by atoms with Crippen LogP contribution >= 0.6 is 0 Å². The first-order valence-corrected chi connectivity index (χ1v) is 9.80. The topological polar surface area (TPSA) is 52.6 Å². The van der Waals surface area contributed by atoms with Gasteiger partial charge in [-0.05, 0) is 73.7 Å². The summed E-state index contributed by atoms with van der Waals surface area (Å²) < 4.78 is 11.2. The Morgan fingerprint density at radius 3 is 2.38 bits per heavy atom. The lowest BCUT2D eigenvalue weighted by molar-refractivity contribution is 0.0318. The number of Topliss-reactive ketones (excluding diaryl/α,β-unsaturated/α-hetero) is 1. The Morgan fingerprint density at radius 2 is 1.55 bits per heavy atom. The zero-order valence-corrected chi connectivity index (χ0v) is 16.3. The molecule has 0 amide bonds. The van der Waals surface area contributed by atoms with Crippen molar-refractivity contribution < 1.29 is 19.1 Å². The van der Waals surface area contributed by atoms with Crippen LogP contribution in [-0.4, -0.2) is 17.9 Å². The third-order valence-electron chi connectivity index (χ3n) is 5.08. The summed E-state index contributed by atoms with van der Waals surface area (Å²) >= 11 is 0. The van der Waals surface area contributed by atoms with Crippen LogP contribution < -0.4 is 4.74 Å². The molecule has 0 heterocycles. The Morgan fingerprint density at radius 1 is 0.793 bits per heavy atom. The van der Waals surface area contributed by atoms with Gasteiger partial charge >= 0.3 is 5.97 Å². The standard InChI is InChI=1S/C25H22O4/c1-17(24(26)20-14-13-18-7-5-8-19(18)15-20)28-25(27)21-9-6-12-23(16-21)29-22-10-3-2-4-11-22/h2-4,6,9-17H,5,7-8H2,1H3/t17-/m0/s1. The Hall–Kier alpha value is -3.40. The fraction of sp³-hybridized carbons (Fsp3) is 0.200. The van der Waals surface area contributed by atoms with Crippen LogP contribution in [0.25, 0.3) is 0 Å². The van der Waals surface area contributed by atoms with Crippen LogP contribution in [0.2, 0.25) is 0 Å². The van der Waals surface area contributed by atoms with Crippen molar-refractivity contribution in [1.82, 2.24) is 0 Å². The Labute approximate surface area is 170 Å². The highest BCUT2D eigenvalue weighted by molar-refractivity contribution is 6.01. The van der Waals surface area contributed by atoms with Crippen molar-refractivity contribution in [3.8, 4) is 11.5 Å². The lowest BCUT2D eigenvalue weighted by Gasteiger charge is -2.14. The third-order valence-corrected chi connectivity index (χ3v) is 5.08. The number of ether oxygens (including phenoxy) is 2. The van der Waals surface area contributed by atoms with Crippen LogP contribution in [0.5, 0.6) is 11.5 Å². The number of carbonyl (C=O) groups is 2. The molecule has 0 spiro atoms. The van der Waals surface area contributed by atoms with Crippen molar-refractivity contribution in [1.29, 1.82) is 0 Å². The van der Waals surface area contributed by atoms with Crippen molar-refractivity contribution >= 4 is 11.8 Å². The van der Waals surface area contributed by atoms with Gasteiger partial charge < -0.3 is 9.47 Å². The van der Waals surface area contributed by atoms with Gasteiger partial charge in [0.1, 0.15) is 11.5 Å². The highest BCUT2D eigenvalue weighted by Crippen LogP contribution is 2.25. The second kappa shape index (κ2) is 8.31. The minimum Gasteiger partial charge on any atom is -0.457 e. The van der Waals surface area contributed by atoms with Gasteiger partial charge in [0.15, 0.2) is 6.10 Å². The molecule has 0 saturated heterocycles. The molecular weight excluding hydrogens is 364 g/mol.